The molecule has 2 aliphatic rings. The zero-order valence-electron chi connectivity index (χ0n) is 14.1. The second kappa shape index (κ2) is 10.0. The van der Waals surface area contributed by atoms with Crippen LogP contribution < -0.4 is 11.1 Å². The average molecular weight is 311 g/mol. The Hall–Kier alpha value is -0.850. The minimum Gasteiger partial charge on any atom is -0.379 e. The number of guanidine groups is 1. The maximum atomic E-state index is 5.93. The molecule has 2 fully saturated rings. The van der Waals surface area contributed by atoms with E-state index in [1.165, 1.54) is 32.4 Å². The molecule has 6 nitrogen and oxygen atoms in total. The van der Waals surface area contributed by atoms with Crippen LogP contribution in [0, 0.1) is 5.92 Å². The quantitative estimate of drug-likeness (QED) is 0.403. The lowest BCUT2D eigenvalue weighted by molar-refractivity contribution is 0.0377. The molecule has 0 atom stereocenters. The zero-order valence-corrected chi connectivity index (χ0v) is 14.1. The molecule has 0 aromatic carbocycles. The molecule has 2 heterocycles. The van der Waals surface area contributed by atoms with E-state index in [-0.39, 0.29) is 0 Å². The molecule has 0 aliphatic carbocycles. The molecule has 6 heteroatoms. The van der Waals surface area contributed by atoms with Gasteiger partial charge in [0.25, 0.3) is 0 Å². The number of rotatable bonds is 7. The second-order valence-corrected chi connectivity index (χ2v) is 6.54. The molecule has 22 heavy (non-hydrogen) atoms. The van der Waals surface area contributed by atoms with Gasteiger partial charge in [-0.2, -0.15) is 0 Å². The number of hydrogen-bond acceptors (Lipinski definition) is 4. The van der Waals surface area contributed by atoms with E-state index in [1.807, 2.05) is 0 Å². The molecule has 0 aromatic rings. The minimum absolute atomic E-state index is 0.606. The standard InChI is InChI=1S/C16H33N5O/c1-20-9-4-15(5-10-20)3-7-19-16(17)18-6-2-8-21-11-13-22-14-12-21/h15H,2-14H2,1H3,(H3,17,18,19). The van der Waals surface area contributed by atoms with Gasteiger partial charge < -0.3 is 20.7 Å². The summed E-state index contributed by atoms with van der Waals surface area (Å²) in [6, 6.07) is 0. The van der Waals surface area contributed by atoms with Gasteiger partial charge >= 0.3 is 0 Å². The van der Waals surface area contributed by atoms with Gasteiger partial charge in [-0.05, 0) is 51.7 Å². The largest absolute Gasteiger partial charge is 0.379 e. The molecule has 0 bridgehead atoms. The van der Waals surface area contributed by atoms with Crippen LogP contribution in [0.2, 0.25) is 0 Å². The summed E-state index contributed by atoms with van der Waals surface area (Å²) in [5, 5.41) is 3.26. The SMILES string of the molecule is CN1CCC(CCNC(N)=NCCCN2CCOCC2)CC1. The van der Waals surface area contributed by atoms with Crippen molar-refractivity contribution in [1.82, 2.24) is 15.1 Å². The van der Waals surface area contributed by atoms with Gasteiger partial charge in [0.2, 0.25) is 0 Å². The first-order chi connectivity index (χ1) is 10.7. The first-order valence-corrected chi connectivity index (χ1v) is 8.76. The average Bonchev–Trinajstić information content (AvgIpc) is 2.54. The van der Waals surface area contributed by atoms with Crippen molar-refractivity contribution in [3.05, 3.63) is 0 Å². The van der Waals surface area contributed by atoms with Crippen molar-refractivity contribution >= 4 is 5.96 Å². The molecule has 0 aromatic heterocycles. The third kappa shape index (κ3) is 6.94. The second-order valence-electron chi connectivity index (χ2n) is 6.54. The van der Waals surface area contributed by atoms with E-state index in [2.05, 4.69) is 27.2 Å². The van der Waals surface area contributed by atoms with Gasteiger partial charge in [-0.3, -0.25) is 9.89 Å². The summed E-state index contributed by atoms with van der Waals surface area (Å²) in [4.78, 5) is 9.26. The molecular formula is C16H33N5O. The van der Waals surface area contributed by atoms with E-state index in [0.29, 0.717) is 5.96 Å². The third-order valence-electron chi connectivity index (χ3n) is 4.72. The summed E-state index contributed by atoms with van der Waals surface area (Å²) in [6.07, 6.45) is 4.90. The highest BCUT2D eigenvalue weighted by Gasteiger charge is 2.15. The van der Waals surface area contributed by atoms with Gasteiger partial charge in [-0.15, -0.1) is 0 Å². The van der Waals surface area contributed by atoms with Crippen LogP contribution >= 0.6 is 0 Å². The van der Waals surface area contributed by atoms with Crippen LogP contribution in [-0.4, -0.2) is 81.8 Å². The molecule has 0 radical (unpaired) electrons. The van der Waals surface area contributed by atoms with Gasteiger partial charge in [0.05, 0.1) is 13.2 Å². The lowest BCUT2D eigenvalue weighted by atomic mass is 9.94. The summed E-state index contributed by atoms with van der Waals surface area (Å²) >= 11 is 0. The summed E-state index contributed by atoms with van der Waals surface area (Å²) in [5.74, 6) is 1.45. The fourth-order valence-corrected chi connectivity index (χ4v) is 3.13. The van der Waals surface area contributed by atoms with Crippen LogP contribution in [0.25, 0.3) is 0 Å². The highest BCUT2D eigenvalue weighted by Crippen LogP contribution is 2.18. The number of nitrogens with one attached hydrogen (secondary N) is 1. The Labute approximate surface area is 135 Å². The third-order valence-corrected chi connectivity index (χ3v) is 4.72. The van der Waals surface area contributed by atoms with Crippen LogP contribution in [0.1, 0.15) is 25.7 Å². The van der Waals surface area contributed by atoms with Crippen LogP contribution in [-0.2, 0) is 4.74 Å². The van der Waals surface area contributed by atoms with E-state index >= 15 is 0 Å². The summed E-state index contributed by atoms with van der Waals surface area (Å²) < 4.78 is 5.34. The Kier molecular flexibility index (Phi) is 7.98. The number of morpholine rings is 1. The first kappa shape index (κ1) is 17.5. The Morgan fingerprint density at radius 3 is 2.68 bits per heavy atom. The number of hydrogen-bond donors (Lipinski definition) is 2. The summed E-state index contributed by atoms with van der Waals surface area (Å²) in [5.41, 5.74) is 5.93. The molecule has 128 valence electrons. The lowest BCUT2D eigenvalue weighted by Crippen LogP contribution is -2.37. The van der Waals surface area contributed by atoms with E-state index in [0.717, 1.165) is 58.3 Å². The van der Waals surface area contributed by atoms with E-state index in [4.69, 9.17) is 10.5 Å². The number of ether oxygens (including phenoxy) is 1. The van der Waals surface area contributed by atoms with Crippen molar-refractivity contribution in [1.29, 1.82) is 0 Å². The lowest BCUT2D eigenvalue weighted by Gasteiger charge is -2.28. The molecule has 0 unspecified atom stereocenters. The molecular weight excluding hydrogens is 278 g/mol. The number of nitrogens with two attached hydrogens (primary N) is 1. The van der Waals surface area contributed by atoms with E-state index in [9.17, 15) is 0 Å². The van der Waals surface area contributed by atoms with E-state index < -0.39 is 0 Å². The zero-order chi connectivity index (χ0) is 15.6. The monoisotopic (exact) mass is 311 g/mol. The highest BCUT2D eigenvalue weighted by atomic mass is 16.5. The van der Waals surface area contributed by atoms with E-state index in [1.54, 1.807) is 0 Å². The van der Waals surface area contributed by atoms with Crippen LogP contribution in [0.5, 0.6) is 0 Å². The number of piperidine rings is 1. The van der Waals surface area contributed by atoms with Gasteiger partial charge in [-0.1, -0.05) is 0 Å². The maximum absolute atomic E-state index is 5.93. The van der Waals surface area contributed by atoms with Gasteiger partial charge in [-0.25, -0.2) is 0 Å². The summed E-state index contributed by atoms with van der Waals surface area (Å²) in [7, 11) is 2.20. The molecule has 2 rings (SSSR count). The molecule has 2 aliphatic heterocycles. The predicted octanol–water partition coefficient (Wildman–Crippen LogP) is 0.345. The normalized spacial score (nSPS) is 22.9. The van der Waals surface area contributed by atoms with Crippen LogP contribution in [0.15, 0.2) is 4.99 Å². The maximum Gasteiger partial charge on any atom is 0.188 e. The van der Waals surface area contributed by atoms with Gasteiger partial charge in [0.15, 0.2) is 5.96 Å². The van der Waals surface area contributed by atoms with Crippen molar-refractivity contribution in [2.24, 2.45) is 16.6 Å². The van der Waals surface area contributed by atoms with Crippen molar-refractivity contribution in [3.8, 4) is 0 Å². The molecule has 3 N–H and O–H groups in total. The number of likely N-dealkylation sites (tertiary alicyclic amines) is 1. The molecule has 0 saturated carbocycles. The Balaban J connectivity index is 1.48. The van der Waals surface area contributed by atoms with Crippen molar-refractivity contribution in [2.45, 2.75) is 25.7 Å². The van der Waals surface area contributed by atoms with Crippen molar-refractivity contribution in [3.63, 3.8) is 0 Å². The fraction of sp³-hybridized carbons (Fsp3) is 0.938. The topological polar surface area (TPSA) is 66.1 Å². The predicted molar refractivity (Wildman–Crippen MR) is 91.2 cm³/mol. The Bertz CT molecular complexity index is 322. The Morgan fingerprint density at radius 1 is 1.23 bits per heavy atom. The van der Waals surface area contributed by atoms with Crippen molar-refractivity contribution in [2.75, 3.05) is 66.1 Å². The molecule has 0 spiro atoms. The Morgan fingerprint density at radius 2 is 1.95 bits per heavy atom. The highest BCUT2D eigenvalue weighted by molar-refractivity contribution is 5.77. The smallest absolute Gasteiger partial charge is 0.188 e. The molecule has 0 amide bonds. The van der Waals surface area contributed by atoms with Crippen LogP contribution in [0.3, 0.4) is 0 Å². The first-order valence-electron chi connectivity index (χ1n) is 8.76. The van der Waals surface area contributed by atoms with Gasteiger partial charge in [0, 0.05) is 32.7 Å². The molecule has 2 saturated heterocycles. The van der Waals surface area contributed by atoms with Crippen molar-refractivity contribution < 1.29 is 4.74 Å². The van der Waals surface area contributed by atoms with Crippen LogP contribution in [0.4, 0.5) is 0 Å². The minimum atomic E-state index is 0.606. The summed E-state index contributed by atoms with van der Waals surface area (Å²) in [6.45, 7) is 9.15. The fourth-order valence-electron chi connectivity index (χ4n) is 3.13. The van der Waals surface area contributed by atoms with Gasteiger partial charge in [0.1, 0.15) is 0 Å². The number of aliphatic imine (C=N–C) groups is 1. The number of nitrogens with zero attached hydrogens (tertiary/aromatic N) is 3.